The Bertz CT molecular complexity index is 701. The number of rotatable bonds is 3. The molecule has 2 aromatic rings. The molecule has 0 fully saturated rings. The summed E-state index contributed by atoms with van der Waals surface area (Å²) in [6.07, 6.45) is 0. The lowest BCUT2D eigenvalue weighted by molar-refractivity contribution is -0.384. The fourth-order valence-corrected chi connectivity index (χ4v) is 1.90. The predicted molar refractivity (Wildman–Crippen MR) is 73.6 cm³/mol. The Balaban J connectivity index is 2.56. The number of nitro benzene ring substituents is 1. The van der Waals surface area contributed by atoms with E-state index < -0.39 is 4.92 Å². The smallest absolute Gasteiger partial charge is 0.270 e. The van der Waals surface area contributed by atoms with E-state index >= 15 is 0 Å². The van der Waals surface area contributed by atoms with Gasteiger partial charge in [-0.1, -0.05) is 28.9 Å². The molecular formula is C13H9ClN2O4. The van der Waals surface area contributed by atoms with Crippen LogP contribution in [0.25, 0.3) is 0 Å². The van der Waals surface area contributed by atoms with Crippen LogP contribution in [0.3, 0.4) is 0 Å². The summed E-state index contributed by atoms with van der Waals surface area (Å²) in [5, 5.41) is 33.1. The lowest BCUT2D eigenvalue weighted by Gasteiger charge is -2.07. The van der Waals surface area contributed by atoms with Gasteiger partial charge >= 0.3 is 0 Å². The summed E-state index contributed by atoms with van der Waals surface area (Å²) in [4.78, 5) is 10.2. The van der Waals surface area contributed by atoms with Crippen LogP contribution < -0.4 is 0 Å². The number of benzene rings is 2. The fraction of sp³-hybridized carbons (Fsp3) is 0. The van der Waals surface area contributed by atoms with Crippen LogP contribution in [0.2, 0.25) is 5.02 Å². The molecule has 0 aliphatic rings. The summed E-state index contributed by atoms with van der Waals surface area (Å²) in [5.74, 6) is -0.145. The highest BCUT2D eigenvalue weighted by atomic mass is 35.5. The lowest BCUT2D eigenvalue weighted by atomic mass is 10.0. The monoisotopic (exact) mass is 292 g/mol. The maximum absolute atomic E-state index is 10.8. The van der Waals surface area contributed by atoms with Crippen LogP contribution in [-0.4, -0.2) is 20.9 Å². The Morgan fingerprint density at radius 2 is 2.00 bits per heavy atom. The molecule has 2 N–H and O–H groups in total. The van der Waals surface area contributed by atoms with Crippen LogP contribution in [0.4, 0.5) is 5.69 Å². The van der Waals surface area contributed by atoms with Gasteiger partial charge in [-0.25, -0.2) is 0 Å². The van der Waals surface area contributed by atoms with Crippen LogP contribution >= 0.6 is 11.6 Å². The van der Waals surface area contributed by atoms with E-state index in [1.807, 2.05) is 0 Å². The largest absolute Gasteiger partial charge is 0.507 e. The SMILES string of the molecule is O=[N+]([O-])c1cccc(/C(=N\O)c2cc(Cl)ccc2O)c1. The van der Waals surface area contributed by atoms with Gasteiger partial charge in [0.2, 0.25) is 0 Å². The maximum atomic E-state index is 10.8. The van der Waals surface area contributed by atoms with Crippen molar-refractivity contribution in [2.24, 2.45) is 5.16 Å². The molecule has 0 amide bonds. The molecule has 0 radical (unpaired) electrons. The zero-order valence-corrected chi connectivity index (χ0v) is 10.8. The van der Waals surface area contributed by atoms with Crippen molar-refractivity contribution in [3.63, 3.8) is 0 Å². The van der Waals surface area contributed by atoms with Crippen LogP contribution in [-0.2, 0) is 0 Å². The summed E-state index contributed by atoms with van der Waals surface area (Å²) in [6.45, 7) is 0. The molecule has 0 atom stereocenters. The summed E-state index contributed by atoms with van der Waals surface area (Å²) in [7, 11) is 0. The summed E-state index contributed by atoms with van der Waals surface area (Å²) in [5.41, 5.74) is 0.318. The highest BCUT2D eigenvalue weighted by molar-refractivity contribution is 6.31. The third kappa shape index (κ3) is 2.70. The quantitative estimate of drug-likeness (QED) is 0.393. The highest BCUT2D eigenvalue weighted by Crippen LogP contribution is 2.26. The van der Waals surface area contributed by atoms with Crippen LogP contribution in [0, 0.1) is 10.1 Å². The van der Waals surface area contributed by atoms with Crippen LogP contribution in [0.5, 0.6) is 5.75 Å². The molecule has 0 heterocycles. The standard InChI is InChI=1S/C13H9ClN2O4/c14-9-4-5-12(17)11(7-9)13(15-18)8-2-1-3-10(6-8)16(19)20/h1-7,17-18H/b15-13+. The third-order valence-corrected chi connectivity index (χ3v) is 2.88. The van der Waals surface area contributed by atoms with Crippen molar-refractivity contribution in [1.29, 1.82) is 0 Å². The van der Waals surface area contributed by atoms with Gasteiger partial charge in [0.1, 0.15) is 11.5 Å². The molecule has 20 heavy (non-hydrogen) atoms. The normalized spacial score (nSPS) is 11.3. The Kier molecular flexibility index (Phi) is 3.86. The summed E-state index contributed by atoms with van der Waals surface area (Å²) >= 11 is 5.83. The summed E-state index contributed by atoms with van der Waals surface area (Å²) in [6, 6.07) is 9.78. The number of hydrogen-bond acceptors (Lipinski definition) is 5. The van der Waals surface area contributed by atoms with Crippen LogP contribution in [0.15, 0.2) is 47.6 Å². The number of phenols is 1. The molecule has 0 saturated heterocycles. The Labute approximate surface area is 118 Å². The van der Waals surface area contributed by atoms with Crippen molar-refractivity contribution in [3.8, 4) is 5.75 Å². The first kappa shape index (κ1) is 13.8. The molecule has 7 heteroatoms. The minimum atomic E-state index is -0.559. The van der Waals surface area contributed by atoms with Gasteiger partial charge < -0.3 is 10.3 Å². The predicted octanol–water partition coefficient (Wildman–Crippen LogP) is 3.18. The fourth-order valence-electron chi connectivity index (χ4n) is 1.73. The van der Waals surface area contributed by atoms with Crippen molar-refractivity contribution >= 4 is 23.0 Å². The van der Waals surface area contributed by atoms with Crippen molar-refractivity contribution in [2.45, 2.75) is 0 Å². The van der Waals surface area contributed by atoms with E-state index in [0.29, 0.717) is 10.6 Å². The molecule has 102 valence electrons. The lowest BCUT2D eigenvalue weighted by Crippen LogP contribution is -2.04. The molecule has 6 nitrogen and oxygen atoms in total. The second kappa shape index (κ2) is 5.58. The number of phenolic OH excluding ortho intramolecular Hbond substituents is 1. The minimum Gasteiger partial charge on any atom is -0.507 e. The van der Waals surface area contributed by atoms with E-state index in [9.17, 15) is 15.2 Å². The second-order valence-corrected chi connectivity index (χ2v) is 4.35. The number of halogens is 1. The molecule has 0 bridgehead atoms. The van der Waals surface area contributed by atoms with E-state index in [1.165, 1.54) is 42.5 Å². The number of non-ortho nitro benzene ring substituents is 1. The number of oxime groups is 1. The van der Waals surface area contributed by atoms with Gasteiger partial charge in [-0.3, -0.25) is 10.1 Å². The summed E-state index contributed by atoms with van der Waals surface area (Å²) < 4.78 is 0. The van der Waals surface area contributed by atoms with Gasteiger partial charge in [-0.05, 0) is 18.2 Å². The molecule has 0 aliphatic heterocycles. The average Bonchev–Trinajstić information content (AvgIpc) is 2.44. The van der Waals surface area contributed by atoms with E-state index in [0.717, 1.165) is 0 Å². The molecule has 0 unspecified atom stereocenters. The zero-order valence-electron chi connectivity index (χ0n) is 10.0. The zero-order chi connectivity index (χ0) is 14.7. The van der Waals surface area contributed by atoms with Gasteiger partial charge in [-0.2, -0.15) is 0 Å². The van der Waals surface area contributed by atoms with E-state index in [4.69, 9.17) is 16.8 Å². The molecule has 0 spiro atoms. The first-order valence-electron chi connectivity index (χ1n) is 5.48. The third-order valence-electron chi connectivity index (χ3n) is 2.64. The Morgan fingerprint density at radius 3 is 2.65 bits per heavy atom. The number of nitrogens with zero attached hydrogens (tertiary/aromatic N) is 2. The van der Waals surface area contributed by atoms with Gasteiger partial charge in [0.25, 0.3) is 5.69 Å². The number of aromatic hydroxyl groups is 1. The Morgan fingerprint density at radius 1 is 1.25 bits per heavy atom. The molecular weight excluding hydrogens is 284 g/mol. The van der Waals surface area contributed by atoms with Gasteiger partial charge in [0.05, 0.1) is 4.92 Å². The molecule has 0 aromatic heterocycles. The molecule has 2 rings (SSSR count). The average molecular weight is 293 g/mol. The number of hydrogen-bond donors (Lipinski definition) is 2. The Hall–Kier alpha value is -2.60. The van der Waals surface area contributed by atoms with Gasteiger partial charge in [0, 0.05) is 28.3 Å². The van der Waals surface area contributed by atoms with Crippen molar-refractivity contribution < 1.29 is 15.2 Å². The van der Waals surface area contributed by atoms with E-state index in [-0.39, 0.29) is 22.7 Å². The van der Waals surface area contributed by atoms with Crippen molar-refractivity contribution in [1.82, 2.24) is 0 Å². The highest BCUT2D eigenvalue weighted by Gasteiger charge is 2.16. The molecule has 0 aliphatic carbocycles. The maximum Gasteiger partial charge on any atom is 0.270 e. The first-order chi connectivity index (χ1) is 9.52. The second-order valence-electron chi connectivity index (χ2n) is 3.92. The van der Waals surface area contributed by atoms with Gasteiger partial charge in [0.15, 0.2) is 0 Å². The van der Waals surface area contributed by atoms with Gasteiger partial charge in [-0.15, -0.1) is 0 Å². The van der Waals surface area contributed by atoms with Crippen molar-refractivity contribution in [3.05, 3.63) is 68.7 Å². The van der Waals surface area contributed by atoms with E-state index in [1.54, 1.807) is 0 Å². The molecule has 2 aromatic carbocycles. The van der Waals surface area contributed by atoms with Crippen molar-refractivity contribution in [2.75, 3.05) is 0 Å². The van der Waals surface area contributed by atoms with Crippen LogP contribution in [0.1, 0.15) is 11.1 Å². The number of nitro groups is 1. The topological polar surface area (TPSA) is 96.0 Å². The van der Waals surface area contributed by atoms with E-state index in [2.05, 4.69) is 5.16 Å². The first-order valence-corrected chi connectivity index (χ1v) is 5.86. The minimum absolute atomic E-state index is 0.00583. The molecule has 0 saturated carbocycles.